The molecular formula is C24H21N7O2. The van der Waals surface area contributed by atoms with Crippen molar-refractivity contribution in [2.45, 2.75) is 19.9 Å². The van der Waals surface area contributed by atoms with E-state index in [1.54, 1.807) is 0 Å². The predicted octanol–water partition coefficient (Wildman–Crippen LogP) is 4.20. The Bertz CT molecular complexity index is 1400. The van der Waals surface area contributed by atoms with Crippen molar-refractivity contribution >= 4 is 16.8 Å². The summed E-state index contributed by atoms with van der Waals surface area (Å²) in [4.78, 5) is 26.7. The van der Waals surface area contributed by atoms with Crippen LogP contribution in [0.15, 0.2) is 71.5 Å². The van der Waals surface area contributed by atoms with E-state index in [1.165, 1.54) is 6.33 Å². The standard InChI is InChI=1S/C24H21N7O2/c1-14(2)20(24-29-22(31-33-24)21-25-13-26-30-21)28-23(32)17-12-19(15-8-4-3-5-9-15)27-18-11-7-6-10-16(17)18/h3-14,20H,1-2H3,(H,28,32)(H,25,26,30)/t20-/m0/s1. The normalized spacial score (nSPS) is 12.2. The number of H-pyrrole nitrogens is 1. The summed E-state index contributed by atoms with van der Waals surface area (Å²) in [5.74, 6) is 0.726. The van der Waals surface area contributed by atoms with Crippen LogP contribution in [0, 0.1) is 5.92 Å². The first-order chi connectivity index (χ1) is 16.1. The van der Waals surface area contributed by atoms with Crippen molar-refractivity contribution < 1.29 is 9.32 Å². The zero-order chi connectivity index (χ0) is 22.8. The number of aromatic amines is 1. The van der Waals surface area contributed by atoms with Gasteiger partial charge in [-0.15, -0.1) is 0 Å². The van der Waals surface area contributed by atoms with Gasteiger partial charge in [0.1, 0.15) is 12.4 Å². The molecule has 33 heavy (non-hydrogen) atoms. The second-order valence-electron chi connectivity index (χ2n) is 7.92. The van der Waals surface area contributed by atoms with Gasteiger partial charge in [-0.05, 0) is 18.1 Å². The lowest BCUT2D eigenvalue weighted by Gasteiger charge is -2.19. The van der Waals surface area contributed by atoms with Crippen LogP contribution in [0.1, 0.15) is 36.1 Å². The maximum Gasteiger partial charge on any atom is 0.252 e. The molecular weight excluding hydrogens is 418 g/mol. The Labute approximate surface area is 189 Å². The summed E-state index contributed by atoms with van der Waals surface area (Å²) >= 11 is 0. The van der Waals surface area contributed by atoms with E-state index in [0.29, 0.717) is 17.3 Å². The van der Waals surface area contributed by atoms with Gasteiger partial charge in [0.25, 0.3) is 5.91 Å². The van der Waals surface area contributed by atoms with E-state index in [2.05, 4.69) is 30.6 Å². The molecule has 0 saturated heterocycles. The van der Waals surface area contributed by atoms with Gasteiger partial charge >= 0.3 is 0 Å². The van der Waals surface area contributed by atoms with Crippen molar-refractivity contribution in [2.75, 3.05) is 0 Å². The number of hydrogen-bond acceptors (Lipinski definition) is 7. The highest BCUT2D eigenvalue weighted by Gasteiger charge is 2.27. The molecule has 2 aromatic carbocycles. The lowest BCUT2D eigenvalue weighted by atomic mass is 10.0. The van der Waals surface area contributed by atoms with Gasteiger partial charge in [-0.1, -0.05) is 67.5 Å². The van der Waals surface area contributed by atoms with Gasteiger partial charge in [-0.25, -0.2) is 9.97 Å². The molecule has 0 aliphatic carbocycles. The summed E-state index contributed by atoms with van der Waals surface area (Å²) in [5.41, 5.74) is 2.94. The minimum atomic E-state index is -0.492. The highest BCUT2D eigenvalue weighted by molar-refractivity contribution is 6.07. The number of hydrogen-bond donors (Lipinski definition) is 2. The third-order valence-electron chi connectivity index (χ3n) is 5.32. The van der Waals surface area contributed by atoms with Gasteiger partial charge in [-0.2, -0.15) is 10.1 Å². The number of nitrogens with one attached hydrogen (secondary N) is 2. The summed E-state index contributed by atoms with van der Waals surface area (Å²) < 4.78 is 5.45. The molecule has 9 nitrogen and oxygen atoms in total. The van der Waals surface area contributed by atoms with Gasteiger partial charge < -0.3 is 9.84 Å². The van der Waals surface area contributed by atoms with Gasteiger partial charge in [0, 0.05) is 10.9 Å². The molecule has 0 aliphatic heterocycles. The first kappa shape index (κ1) is 20.5. The Balaban J connectivity index is 1.51. The van der Waals surface area contributed by atoms with Gasteiger partial charge in [0.2, 0.25) is 11.7 Å². The first-order valence-corrected chi connectivity index (χ1v) is 10.6. The number of benzene rings is 2. The Morgan fingerprint density at radius 2 is 1.82 bits per heavy atom. The minimum Gasteiger partial charge on any atom is -0.340 e. The maximum atomic E-state index is 13.5. The fourth-order valence-electron chi connectivity index (χ4n) is 3.62. The molecule has 2 N–H and O–H groups in total. The molecule has 0 aliphatic rings. The van der Waals surface area contributed by atoms with Crippen LogP contribution in [0.4, 0.5) is 0 Å². The molecule has 9 heteroatoms. The van der Waals surface area contributed by atoms with Crippen molar-refractivity contribution in [3.63, 3.8) is 0 Å². The second-order valence-corrected chi connectivity index (χ2v) is 7.92. The van der Waals surface area contributed by atoms with E-state index >= 15 is 0 Å². The summed E-state index contributed by atoms with van der Waals surface area (Å²) in [7, 11) is 0. The zero-order valence-corrected chi connectivity index (χ0v) is 18.1. The minimum absolute atomic E-state index is 0.00123. The van der Waals surface area contributed by atoms with E-state index < -0.39 is 6.04 Å². The van der Waals surface area contributed by atoms with E-state index in [9.17, 15) is 4.79 Å². The molecule has 0 unspecified atom stereocenters. The topological polar surface area (TPSA) is 122 Å². The summed E-state index contributed by atoms with van der Waals surface area (Å²) in [6.45, 7) is 3.95. The molecule has 0 fully saturated rings. The number of rotatable bonds is 6. The van der Waals surface area contributed by atoms with E-state index in [1.807, 2.05) is 74.5 Å². The van der Waals surface area contributed by atoms with Gasteiger partial charge in [0.15, 0.2) is 5.82 Å². The number of carbonyl (C=O) groups is 1. The molecule has 5 rings (SSSR count). The quantitative estimate of drug-likeness (QED) is 0.406. The number of carbonyl (C=O) groups excluding carboxylic acids is 1. The molecule has 0 bridgehead atoms. The lowest BCUT2D eigenvalue weighted by Crippen LogP contribution is -2.32. The summed E-state index contributed by atoms with van der Waals surface area (Å²) in [6.07, 6.45) is 1.37. The van der Waals surface area contributed by atoms with Crippen molar-refractivity contribution in [3.05, 3.63) is 78.4 Å². The zero-order valence-electron chi connectivity index (χ0n) is 18.1. The van der Waals surface area contributed by atoms with Crippen molar-refractivity contribution in [1.29, 1.82) is 0 Å². The first-order valence-electron chi connectivity index (χ1n) is 10.6. The predicted molar refractivity (Wildman–Crippen MR) is 122 cm³/mol. The Morgan fingerprint density at radius 3 is 2.58 bits per heavy atom. The van der Waals surface area contributed by atoms with Crippen molar-refractivity contribution in [1.82, 2.24) is 35.6 Å². The molecule has 3 aromatic heterocycles. The average molecular weight is 439 g/mol. The van der Waals surface area contributed by atoms with Crippen LogP contribution < -0.4 is 5.32 Å². The summed E-state index contributed by atoms with van der Waals surface area (Å²) in [5, 5.41) is 14.3. The fraction of sp³-hybridized carbons (Fsp3) is 0.167. The van der Waals surface area contributed by atoms with Crippen LogP contribution >= 0.6 is 0 Å². The Morgan fingerprint density at radius 1 is 1.03 bits per heavy atom. The average Bonchev–Trinajstić information content (AvgIpc) is 3.54. The van der Waals surface area contributed by atoms with Crippen LogP contribution in [-0.4, -0.2) is 36.2 Å². The molecule has 5 aromatic rings. The van der Waals surface area contributed by atoms with Gasteiger partial charge in [-0.3, -0.25) is 9.89 Å². The third kappa shape index (κ3) is 4.08. The van der Waals surface area contributed by atoms with E-state index in [-0.39, 0.29) is 17.6 Å². The van der Waals surface area contributed by atoms with E-state index in [4.69, 9.17) is 9.51 Å². The number of para-hydroxylation sites is 1. The molecule has 0 spiro atoms. The van der Waals surface area contributed by atoms with Crippen LogP contribution in [0.2, 0.25) is 0 Å². The fourth-order valence-corrected chi connectivity index (χ4v) is 3.62. The molecule has 3 heterocycles. The Hall–Kier alpha value is -4.40. The number of nitrogens with zero attached hydrogens (tertiary/aromatic N) is 5. The number of fused-ring (bicyclic) bond motifs is 1. The van der Waals surface area contributed by atoms with Crippen molar-refractivity contribution in [2.24, 2.45) is 5.92 Å². The van der Waals surface area contributed by atoms with Crippen LogP contribution in [0.25, 0.3) is 33.8 Å². The molecule has 1 amide bonds. The largest absolute Gasteiger partial charge is 0.340 e. The SMILES string of the molecule is CC(C)[C@H](NC(=O)c1cc(-c2ccccc2)nc2ccccc12)c1nc(-c2ncn[nH]2)no1. The molecule has 164 valence electrons. The van der Waals surface area contributed by atoms with E-state index in [0.717, 1.165) is 22.2 Å². The molecule has 1 atom stereocenters. The number of amides is 1. The summed E-state index contributed by atoms with van der Waals surface area (Å²) in [6, 6.07) is 18.7. The number of pyridine rings is 1. The molecule has 0 radical (unpaired) electrons. The Kier molecular flexibility index (Phi) is 5.35. The van der Waals surface area contributed by atoms with Gasteiger partial charge in [0.05, 0.1) is 16.8 Å². The lowest BCUT2D eigenvalue weighted by molar-refractivity contribution is 0.0915. The van der Waals surface area contributed by atoms with Crippen molar-refractivity contribution in [3.8, 4) is 22.9 Å². The third-order valence-corrected chi connectivity index (χ3v) is 5.32. The maximum absolute atomic E-state index is 13.5. The highest BCUT2D eigenvalue weighted by atomic mass is 16.5. The monoisotopic (exact) mass is 439 g/mol. The highest BCUT2D eigenvalue weighted by Crippen LogP contribution is 2.27. The molecule has 0 saturated carbocycles. The second kappa shape index (κ2) is 8.62. The van der Waals surface area contributed by atoms with Crippen LogP contribution in [-0.2, 0) is 0 Å². The number of aromatic nitrogens is 6. The smallest absolute Gasteiger partial charge is 0.252 e. The van der Waals surface area contributed by atoms with Crippen LogP contribution in [0.5, 0.6) is 0 Å². The van der Waals surface area contributed by atoms with Crippen LogP contribution in [0.3, 0.4) is 0 Å².